The van der Waals surface area contributed by atoms with Crippen LogP contribution in [0, 0.1) is 5.41 Å². The quantitative estimate of drug-likeness (QED) is 0.552. The van der Waals surface area contributed by atoms with Crippen LogP contribution in [-0.2, 0) is 19.6 Å². The van der Waals surface area contributed by atoms with Gasteiger partial charge in [0.05, 0.1) is 10.9 Å². The van der Waals surface area contributed by atoms with Crippen LogP contribution >= 0.6 is 11.3 Å². The standard InChI is InChI=1S/C24H33N5O5S2.3H2/c1-24(2,3)16-20(30)22(32)28-13-11-27(12-14-28)19-8-10-29(21(19)31)17-4-6-18(7-5-17)36(33,34)26-23-25-9-15-35-23;;;/h4-7,9,15,19-20,30H,8,10-14,16H2,1-3H3,(H,25,26);3*1H/t19-,20?;;;/m0.../s1. The average Bonchev–Trinajstić information content (AvgIpc) is 3.47. The van der Waals surface area contributed by atoms with Crippen molar-refractivity contribution in [1.29, 1.82) is 0 Å². The zero-order valence-corrected chi connectivity index (χ0v) is 22.4. The third-order valence-electron chi connectivity index (χ3n) is 6.45. The van der Waals surface area contributed by atoms with Gasteiger partial charge >= 0.3 is 0 Å². The van der Waals surface area contributed by atoms with Gasteiger partial charge in [0.15, 0.2) is 5.13 Å². The number of aliphatic hydroxyl groups is 1. The van der Waals surface area contributed by atoms with E-state index in [1.165, 1.54) is 29.7 Å². The molecule has 202 valence electrons. The lowest BCUT2D eigenvalue weighted by Gasteiger charge is -2.38. The number of hydrogen-bond donors (Lipinski definition) is 2. The van der Waals surface area contributed by atoms with Crippen LogP contribution in [0.25, 0.3) is 0 Å². The van der Waals surface area contributed by atoms with Crippen molar-refractivity contribution in [2.24, 2.45) is 5.41 Å². The minimum absolute atomic E-state index is 0. The molecule has 2 saturated heterocycles. The summed E-state index contributed by atoms with van der Waals surface area (Å²) in [6, 6.07) is 5.98. The molecule has 2 N–H and O–H groups in total. The predicted octanol–water partition coefficient (Wildman–Crippen LogP) is 2.73. The highest BCUT2D eigenvalue weighted by Gasteiger charge is 2.39. The second-order valence-electron chi connectivity index (χ2n) is 10.4. The smallest absolute Gasteiger partial charge is 0.263 e. The number of aliphatic hydroxyl groups excluding tert-OH is 1. The third kappa shape index (κ3) is 6.05. The molecule has 1 aromatic carbocycles. The van der Waals surface area contributed by atoms with Gasteiger partial charge in [-0.1, -0.05) is 20.8 Å². The number of thiazole rings is 1. The molecule has 3 heterocycles. The van der Waals surface area contributed by atoms with E-state index in [-0.39, 0.29) is 32.4 Å². The fourth-order valence-electron chi connectivity index (χ4n) is 4.65. The van der Waals surface area contributed by atoms with Crippen molar-refractivity contribution in [3.8, 4) is 0 Å². The summed E-state index contributed by atoms with van der Waals surface area (Å²) in [4.78, 5) is 35.3. The van der Waals surface area contributed by atoms with Crippen LogP contribution < -0.4 is 9.62 Å². The first-order valence-corrected chi connectivity index (χ1v) is 14.4. The molecule has 4 rings (SSSR count). The minimum Gasteiger partial charge on any atom is -0.383 e. The highest BCUT2D eigenvalue weighted by molar-refractivity contribution is 7.93. The van der Waals surface area contributed by atoms with E-state index in [1.807, 2.05) is 20.8 Å². The maximum atomic E-state index is 13.2. The van der Waals surface area contributed by atoms with Crippen molar-refractivity contribution in [3.63, 3.8) is 0 Å². The van der Waals surface area contributed by atoms with Crippen molar-refractivity contribution in [3.05, 3.63) is 35.8 Å². The largest absolute Gasteiger partial charge is 0.383 e. The maximum absolute atomic E-state index is 13.2. The Balaban J connectivity index is 0.00000253. The molecule has 1 unspecified atom stereocenters. The van der Waals surface area contributed by atoms with Gasteiger partial charge < -0.3 is 14.9 Å². The Bertz CT molecular complexity index is 1190. The van der Waals surface area contributed by atoms with Crippen LogP contribution in [0.3, 0.4) is 0 Å². The molecule has 12 heteroatoms. The first-order valence-electron chi connectivity index (χ1n) is 12.0. The van der Waals surface area contributed by atoms with E-state index >= 15 is 0 Å². The van der Waals surface area contributed by atoms with Crippen molar-refractivity contribution in [2.45, 2.75) is 50.7 Å². The van der Waals surface area contributed by atoms with Crippen molar-refractivity contribution in [1.82, 2.24) is 14.8 Å². The first-order chi connectivity index (χ1) is 16.9. The Kier molecular flexibility index (Phi) is 7.69. The van der Waals surface area contributed by atoms with E-state index in [1.54, 1.807) is 27.3 Å². The molecule has 0 spiro atoms. The number of anilines is 2. The highest BCUT2D eigenvalue weighted by Crippen LogP contribution is 2.28. The molecule has 2 aromatic rings. The number of nitrogens with one attached hydrogen (secondary N) is 1. The zero-order chi connectivity index (χ0) is 26.1. The molecule has 10 nitrogen and oxygen atoms in total. The van der Waals surface area contributed by atoms with Crippen LogP contribution in [0.5, 0.6) is 0 Å². The summed E-state index contributed by atoms with van der Waals surface area (Å²) >= 11 is 1.19. The Morgan fingerprint density at radius 3 is 2.44 bits per heavy atom. The number of amides is 2. The Labute approximate surface area is 220 Å². The fourth-order valence-corrected chi connectivity index (χ4v) is 6.43. The number of aromatic nitrogens is 1. The highest BCUT2D eigenvalue weighted by atomic mass is 32.2. The van der Waals surface area contributed by atoms with E-state index in [0.29, 0.717) is 56.4 Å². The number of rotatable bonds is 7. The van der Waals surface area contributed by atoms with E-state index < -0.39 is 16.1 Å². The molecule has 2 fully saturated rings. The second kappa shape index (κ2) is 10.4. The molecular formula is C24H39N5O5S2. The van der Waals surface area contributed by atoms with Crippen LogP contribution in [-0.4, -0.2) is 85.0 Å². The number of carbonyl (C=O) groups is 2. The summed E-state index contributed by atoms with van der Waals surface area (Å²) in [5.41, 5.74) is 0.506. The van der Waals surface area contributed by atoms with E-state index in [0.717, 1.165) is 0 Å². The van der Waals surface area contributed by atoms with Crippen LogP contribution in [0.2, 0.25) is 0 Å². The van der Waals surface area contributed by atoms with Crippen LogP contribution in [0.1, 0.15) is 37.9 Å². The number of hydrogen-bond acceptors (Lipinski definition) is 8. The molecule has 0 radical (unpaired) electrons. The summed E-state index contributed by atoms with van der Waals surface area (Å²) in [7, 11) is -3.76. The van der Waals surface area contributed by atoms with Gasteiger partial charge in [0.1, 0.15) is 6.10 Å². The van der Waals surface area contributed by atoms with Crippen molar-refractivity contribution >= 4 is 44.0 Å². The van der Waals surface area contributed by atoms with Gasteiger partial charge in [0.2, 0.25) is 5.91 Å². The van der Waals surface area contributed by atoms with Gasteiger partial charge in [0, 0.05) is 54.3 Å². The van der Waals surface area contributed by atoms with Crippen LogP contribution in [0.4, 0.5) is 10.8 Å². The molecule has 0 bridgehead atoms. The summed E-state index contributed by atoms with van der Waals surface area (Å²) in [5.74, 6) is -0.276. The lowest BCUT2D eigenvalue weighted by atomic mass is 9.89. The van der Waals surface area contributed by atoms with E-state index in [9.17, 15) is 23.1 Å². The van der Waals surface area contributed by atoms with Gasteiger partial charge in [-0.15, -0.1) is 11.3 Å². The first kappa shape index (κ1) is 26.5. The molecule has 0 saturated carbocycles. The fraction of sp³-hybridized carbons (Fsp3) is 0.542. The second-order valence-corrected chi connectivity index (χ2v) is 12.9. The Morgan fingerprint density at radius 1 is 1.19 bits per heavy atom. The molecule has 2 aliphatic heterocycles. The topological polar surface area (TPSA) is 123 Å². The normalized spacial score (nSPS) is 20.6. The lowest BCUT2D eigenvalue weighted by molar-refractivity contribution is -0.144. The van der Waals surface area contributed by atoms with Crippen molar-refractivity contribution < 1.29 is 27.4 Å². The minimum atomic E-state index is -3.76. The molecule has 36 heavy (non-hydrogen) atoms. The summed E-state index contributed by atoms with van der Waals surface area (Å²) in [6.45, 7) is 8.59. The van der Waals surface area contributed by atoms with Gasteiger partial charge in [-0.2, -0.15) is 0 Å². The molecule has 2 aliphatic rings. The van der Waals surface area contributed by atoms with Crippen molar-refractivity contribution in [2.75, 3.05) is 42.3 Å². The molecular weight excluding hydrogens is 502 g/mol. The molecule has 0 aliphatic carbocycles. The molecule has 2 amide bonds. The van der Waals surface area contributed by atoms with E-state index in [2.05, 4.69) is 14.6 Å². The summed E-state index contributed by atoms with van der Waals surface area (Å²) < 4.78 is 27.6. The number of sulfonamides is 1. The monoisotopic (exact) mass is 541 g/mol. The molecule has 1 aromatic heterocycles. The third-order valence-corrected chi connectivity index (χ3v) is 8.62. The maximum Gasteiger partial charge on any atom is 0.263 e. The lowest BCUT2D eigenvalue weighted by Crippen LogP contribution is -2.55. The van der Waals surface area contributed by atoms with Gasteiger partial charge in [0.25, 0.3) is 15.9 Å². The van der Waals surface area contributed by atoms with Gasteiger partial charge in [-0.05, 0) is 42.5 Å². The zero-order valence-electron chi connectivity index (χ0n) is 20.8. The average molecular weight is 542 g/mol. The Morgan fingerprint density at radius 2 is 1.86 bits per heavy atom. The SMILES string of the molecule is CC(C)(C)CC(O)C(=O)N1CCN([C@H]2CCN(c3ccc(S(=O)(=O)Nc4nccs4)cc3)C2=O)CC1.[HH].[HH].[HH]. The van der Waals surface area contributed by atoms with Gasteiger partial charge in [-0.3, -0.25) is 19.2 Å². The number of piperazine rings is 1. The predicted molar refractivity (Wildman–Crippen MR) is 145 cm³/mol. The number of nitrogens with zero attached hydrogens (tertiary/aromatic N) is 4. The summed E-state index contributed by atoms with van der Waals surface area (Å²) in [5, 5.41) is 12.3. The van der Waals surface area contributed by atoms with Crippen LogP contribution in [0.15, 0.2) is 40.7 Å². The molecule has 2 atom stereocenters. The van der Waals surface area contributed by atoms with E-state index in [4.69, 9.17) is 0 Å². The summed E-state index contributed by atoms with van der Waals surface area (Å²) in [6.07, 6.45) is 1.58. The van der Waals surface area contributed by atoms with Gasteiger partial charge in [-0.25, -0.2) is 13.4 Å². The number of benzene rings is 1. The Hall–Kier alpha value is -2.54. The number of carbonyl (C=O) groups excluding carboxylic acids is 2.